The Labute approximate surface area is 132 Å². The van der Waals surface area contributed by atoms with Crippen LogP contribution in [0, 0.1) is 20.8 Å². The Hall–Kier alpha value is -2.54. The molecule has 0 fully saturated rings. The van der Waals surface area contributed by atoms with Gasteiger partial charge in [0.1, 0.15) is 0 Å². The summed E-state index contributed by atoms with van der Waals surface area (Å²) >= 11 is 0. The zero-order valence-corrected chi connectivity index (χ0v) is 13.4. The van der Waals surface area contributed by atoms with Gasteiger partial charge in [0.05, 0.1) is 0 Å². The Morgan fingerprint density at radius 1 is 0.545 bits per heavy atom. The maximum atomic E-state index is 6.43. The van der Waals surface area contributed by atoms with E-state index in [9.17, 15) is 0 Å². The molecule has 1 nitrogen and oxygen atoms in total. The summed E-state index contributed by atoms with van der Waals surface area (Å²) in [4.78, 5) is 0. The van der Waals surface area contributed by atoms with E-state index in [0.29, 0.717) is 0 Å². The van der Waals surface area contributed by atoms with Gasteiger partial charge in [-0.25, -0.2) is 0 Å². The Bertz CT molecular complexity index is 736. The summed E-state index contributed by atoms with van der Waals surface area (Å²) in [6, 6.07) is 21.0. The van der Waals surface area contributed by atoms with Crippen LogP contribution in [0.5, 0.6) is 0 Å². The number of nitrogen functional groups attached to an aromatic ring is 1. The molecule has 0 aliphatic rings. The molecule has 22 heavy (non-hydrogen) atoms. The summed E-state index contributed by atoms with van der Waals surface area (Å²) in [5, 5.41) is 0. The van der Waals surface area contributed by atoms with E-state index in [1.807, 2.05) is 12.1 Å². The minimum Gasteiger partial charge on any atom is -0.398 e. The second kappa shape index (κ2) is 5.69. The lowest BCUT2D eigenvalue weighted by molar-refractivity contribution is 1.32. The first-order valence-corrected chi connectivity index (χ1v) is 7.61. The van der Waals surface area contributed by atoms with Gasteiger partial charge in [0.25, 0.3) is 0 Å². The lowest BCUT2D eigenvalue weighted by Crippen LogP contribution is -2.02. The van der Waals surface area contributed by atoms with Crippen LogP contribution in [0.1, 0.15) is 16.7 Å². The minimum atomic E-state index is 0.892. The smallest absolute Gasteiger partial charge is 0.0386 e. The highest BCUT2D eigenvalue weighted by Crippen LogP contribution is 2.40. The van der Waals surface area contributed by atoms with Crippen molar-refractivity contribution in [3.05, 3.63) is 77.4 Å². The molecule has 0 amide bonds. The fourth-order valence-electron chi connectivity index (χ4n) is 3.31. The number of hydrogen-bond acceptors (Lipinski definition) is 1. The van der Waals surface area contributed by atoms with Crippen molar-refractivity contribution in [3.8, 4) is 22.3 Å². The molecule has 0 unspecified atom stereocenters. The van der Waals surface area contributed by atoms with Gasteiger partial charge in [-0.2, -0.15) is 0 Å². The summed E-state index contributed by atoms with van der Waals surface area (Å²) in [7, 11) is 0. The molecule has 0 aliphatic carbocycles. The van der Waals surface area contributed by atoms with Gasteiger partial charge in [-0.3, -0.25) is 0 Å². The van der Waals surface area contributed by atoms with Gasteiger partial charge in [0.15, 0.2) is 0 Å². The third-order valence-corrected chi connectivity index (χ3v) is 4.43. The third-order valence-electron chi connectivity index (χ3n) is 4.43. The van der Waals surface area contributed by atoms with E-state index in [1.165, 1.54) is 38.9 Å². The molecule has 0 spiro atoms. The van der Waals surface area contributed by atoms with E-state index in [4.69, 9.17) is 5.73 Å². The monoisotopic (exact) mass is 287 g/mol. The van der Waals surface area contributed by atoms with E-state index >= 15 is 0 Å². The lowest BCUT2D eigenvalue weighted by Gasteiger charge is -2.21. The molecule has 0 atom stereocenters. The average molecular weight is 287 g/mol. The quantitative estimate of drug-likeness (QED) is 0.616. The van der Waals surface area contributed by atoms with E-state index in [0.717, 1.165) is 5.69 Å². The van der Waals surface area contributed by atoms with E-state index in [-0.39, 0.29) is 0 Å². The van der Waals surface area contributed by atoms with Crippen LogP contribution < -0.4 is 5.73 Å². The first-order chi connectivity index (χ1) is 10.6. The molecular weight excluding hydrogens is 266 g/mol. The fourth-order valence-corrected chi connectivity index (χ4v) is 3.31. The van der Waals surface area contributed by atoms with Crippen LogP contribution in [0.4, 0.5) is 5.69 Å². The van der Waals surface area contributed by atoms with Crippen LogP contribution in [0.2, 0.25) is 0 Å². The standard InChI is InChI=1S/C21H21N/c1-14-19(17-10-6-4-7-11-17)15(2)21(22)16(3)20(14)18-12-8-5-9-13-18/h4-13H,22H2,1-3H3. The van der Waals surface area contributed by atoms with Gasteiger partial charge in [0, 0.05) is 5.69 Å². The van der Waals surface area contributed by atoms with Gasteiger partial charge in [0.2, 0.25) is 0 Å². The fraction of sp³-hybridized carbons (Fsp3) is 0.143. The number of nitrogens with two attached hydrogens (primary N) is 1. The number of hydrogen-bond donors (Lipinski definition) is 1. The topological polar surface area (TPSA) is 26.0 Å². The number of benzene rings is 3. The highest BCUT2D eigenvalue weighted by Gasteiger charge is 2.17. The molecule has 2 N–H and O–H groups in total. The molecule has 0 bridgehead atoms. The first-order valence-electron chi connectivity index (χ1n) is 7.61. The van der Waals surface area contributed by atoms with Crippen molar-refractivity contribution in [2.45, 2.75) is 20.8 Å². The third kappa shape index (κ3) is 2.29. The second-order valence-electron chi connectivity index (χ2n) is 5.77. The van der Waals surface area contributed by atoms with Gasteiger partial charge in [-0.1, -0.05) is 60.7 Å². The molecular formula is C21H21N. The molecule has 3 aromatic rings. The molecule has 1 heteroatoms. The number of anilines is 1. The van der Waals surface area contributed by atoms with Crippen LogP contribution in [0.15, 0.2) is 60.7 Å². The first kappa shape index (κ1) is 14.4. The Kier molecular flexibility index (Phi) is 3.72. The Morgan fingerprint density at radius 3 is 1.27 bits per heavy atom. The predicted molar refractivity (Wildman–Crippen MR) is 95.9 cm³/mol. The van der Waals surface area contributed by atoms with Crippen LogP contribution in [-0.2, 0) is 0 Å². The Morgan fingerprint density at radius 2 is 0.909 bits per heavy atom. The normalized spacial score (nSPS) is 10.7. The highest BCUT2D eigenvalue weighted by molar-refractivity contribution is 5.88. The maximum absolute atomic E-state index is 6.43. The molecule has 0 heterocycles. The van der Waals surface area contributed by atoms with Crippen molar-refractivity contribution in [3.63, 3.8) is 0 Å². The van der Waals surface area contributed by atoms with Crippen molar-refractivity contribution in [2.75, 3.05) is 5.73 Å². The number of rotatable bonds is 2. The molecule has 0 aliphatic heterocycles. The predicted octanol–water partition coefficient (Wildman–Crippen LogP) is 5.53. The van der Waals surface area contributed by atoms with Gasteiger partial charge in [-0.15, -0.1) is 0 Å². The summed E-state index contributed by atoms with van der Waals surface area (Å²) in [5.41, 5.74) is 15.9. The molecule has 0 saturated carbocycles. The average Bonchev–Trinajstić information content (AvgIpc) is 2.55. The SMILES string of the molecule is Cc1c(N)c(C)c(-c2ccccc2)c(C)c1-c1ccccc1. The summed E-state index contributed by atoms with van der Waals surface area (Å²) in [6.07, 6.45) is 0. The summed E-state index contributed by atoms with van der Waals surface area (Å²) in [6.45, 7) is 6.43. The van der Waals surface area contributed by atoms with Crippen LogP contribution in [0.3, 0.4) is 0 Å². The van der Waals surface area contributed by atoms with E-state index < -0.39 is 0 Å². The van der Waals surface area contributed by atoms with E-state index in [2.05, 4.69) is 69.3 Å². The zero-order chi connectivity index (χ0) is 15.7. The Balaban J connectivity index is 2.36. The maximum Gasteiger partial charge on any atom is 0.0386 e. The largest absolute Gasteiger partial charge is 0.398 e. The molecule has 3 aromatic carbocycles. The summed E-state index contributed by atoms with van der Waals surface area (Å²) in [5.74, 6) is 0. The zero-order valence-electron chi connectivity index (χ0n) is 13.4. The van der Waals surface area contributed by atoms with Gasteiger partial charge >= 0.3 is 0 Å². The highest BCUT2D eigenvalue weighted by atomic mass is 14.6. The van der Waals surface area contributed by atoms with Crippen LogP contribution in [-0.4, -0.2) is 0 Å². The second-order valence-corrected chi connectivity index (χ2v) is 5.77. The van der Waals surface area contributed by atoms with Gasteiger partial charge in [-0.05, 0) is 59.7 Å². The van der Waals surface area contributed by atoms with Crippen molar-refractivity contribution in [1.29, 1.82) is 0 Å². The lowest BCUT2D eigenvalue weighted by atomic mass is 9.85. The van der Waals surface area contributed by atoms with Crippen molar-refractivity contribution in [1.82, 2.24) is 0 Å². The summed E-state index contributed by atoms with van der Waals surface area (Å²) < 4.78 is 0. The van der Waals surface area contributed by atoms with E-state index in [1.54, 1.807) is 0 Å². The molecule has 110 valence electrons. The molecule has 0 aromatic heterocycles. The van der Waals surface area contributed by atoms with Crippen molar-refractivity contribution < 1.29 is 0 Å². The van der Waals surface area contributed by atoms with Crippen LogP contribution in [0.25, 0.3) is 22.3 Å². The van der Waals surface area contributed by atoms with Gasteiger partial charge < -0.3 is 5.73 Å². The molecule has 0 saturated heterocycles. The molecule has 3 rings (SSSR count). The van der Waals surface area contributed by atoms with Crippen molar-refractivity contribution >= 4 is 5.69 Å². The minimum absolute atomic E-state index is 0.892. The van der Waals surface area contributed by atoms with Crippen molar-refractivity contribution in [2.24, 2.45) is 0 Å². The van der Waals surface area contributed by atoms with Crippen LogP contribution >= 0.6 is 0 Å². The molecule has 0 radical (unpaired) electrons.